The van der Waals surface area contributed by atoms with E-state index in [-0.39, 0.29) is 13.2 Å². The summed E-state index contributed by atoms with van der Waals surface area (Å²) in [6.45, 7) is 4.67. The van der Waals surface area contributed by atoms with Crippen LogP contribution in [0.5, 0.6) is 0 Å². The first-order chi connectivity index (χ1) is 21.6. The number of likely N-dealkylation sites (tertiary alicyclic amines) is 1. The first-order valence-corrected chi connectivity index (χ1v) is 19.1. The van der Waals surface area contributed by atoms with Gasteiger partial charge in [0.1, 0.15) is 6.10 Å². The van der Waals surface area contributed by atoms with Gasteiger partial charge in [0, 0.05) is 31.9 Å². The highest BCUT2D eigenvalue weighted by Crippen LogP contribution is 2.47. The fraction of sp³-hybridized carbons (Fsp3) is 0.750. The number of carbonyl (C=O) groups excluding carboxylic acids is 1. The molecule has 0 aliphatic carbocycles. The molecule has 0 saturated carbocycles. The van der Waals surface area contributed by atoms with Gasteiger partial charge < -0.3 is 23.4 Å². The lowest BCUT2D eigenvalue weighted by molar-refractivity contribution is -0.842. The highest BCUT2D eigenvalue weighted by molar-refractivity contribution is 7.46. The summed E-state index contributed by atoms with van der Waals surface area (Å²) in [4.78, 5) is 24.6. The molecule has 0 aromatic heterocycles. The number of ether oxygens (including phenoxy) is 2. The highest BCUT2D eigenvalue weighted by atomic mass is 31.2. The third kappa shape index (κ3) is 17.7. The number of hydrogen-bond donors (Lipinski definition) is 0. The molecule has 1 aliphatic rings. The molecule has 2 unspecified atom stereocenters. The van der Waals surface area contributed by atoms with Crippen molar-refractivity contribution in [2.75, 3.05) is 40.5 Å². The van der Waals surface area contributed by atoms with Gasteiger partial charge in [-0.2, -0.15) is 0 Å². The van der Waals surface area contributed by atoms with Crippen LogP contribution in [0.3, 0.4) is 0 Å². The van der Waals surface area contributed by atoms with Gasteiger partial charge in [-0.1, -0.05) is 134 Å². The van der Waals surface area contributed by atoms with Gasteiger partial charge in [-0.25, -0.2) is 0 Å². The minimum Gasteiger partial charge on any atom is -0.746 e. The Morgan fingerprint density at radius 3 is 1.87 bits per heavy atom. The molecule has 0 N–H and O–H groups in total. The van der Waals surface area contributed by atoms with E-state index in [1.165, 1.54) is 96.8 Å². The average Bonchev–Trinajstić information content (AvgIpc) is 3.36. The molecule has 1 aromatic carbocycles. The van der Waals surface area contributed by atoms with Gasteiger partial charge >= 0.3 is 13.8 Å². The molecule has 0 amide bonds. The van der Waals surface area contributed by atoms with E-state index in [9.17, 15) is 14.3 Å². The first-order valence-electron chi connectivity index (χ1n) is 17.7. The molecule has 0 bridgehead atoms. The summed E-state index contributed by atoms with van der Waals surface area (Å²) in [5, 5.41) is 0. The van der Waals surface area contributed by atoms with Gasteiger partial charge in [0.15, 0.2) is 11.5 Å². The summed E-state index contributed by atoms with van der Waals surface area (Å²) < 4.78 is 35.4. The van der Waals surface area contributed by atoms with E-state index in [1.807, 2.05) is 44.4 Å². The van der Waals surface area contributed by atoms with Crippen LogP contribution in [-0.4, -0.2) is 57.0 Å². The monoisotopic (exact) mass is 651 g/mol. The minimum atomic E-state index is -4.76. The quantitative estimate of drug-likeness (QED) is 0.0325. The SMILES string of the molecule is CCCCCCCCCCCCCCCCCCOCC(COP(=O)([O-])OC(=C1CCC[N+]1(C)C)c1ccccc1)OC(C)=O. The Hall–Kier alpha value is -1.70. The molecule has 2 rings (SSSR count). The number of allylic oxidation sites excluding steroid dienone is 1. The zero-order chi connectivity index (χ0) is 32.8. The van der Waals surface area contributed by atoms with Crippen LogP contribution in [0.15, 0.2) is 36.0 Å². The summed E-state index contributed by atoms with van der Waals surface area (Å²) in [5.41, 5.74) is 1.58. The molecular formula is C36H62NO7P. The maximum absolute atomic E-state index is 13.0. The smallest absolute Gasteiger partial charge is 0.320 e. The van der Waals surface area contributed by atoms with E-state index >= 15 is 0 Å². The number of carbonyl (C=O) groups is 1. The molecule has 1 aliphatic heterocycles. The van der Waals surface area contributed by atoms with Crippen molar-refractivity contribution in [2.45, 2.75) is 136 Å². The van der Waals surface area contributed by atoms with Gasteiger partial charge in [-0.05, 0) is 6.42 Å². The van der Waals surface area contributed by atoms with Gasteiger partial charge in [0.05, 0.1) is 33.9 Å². The van der Waals surface area contributed by atoms with Crippen molar-refractivity contribution in [3.8, 4) is 0 Å². The van der Waals surface area contributed by atoms with Crippen LogP contribution in [0.4, 0.5) is 0 Å². The highest BCUT2D eigenvalue weighted by Gasteiger charge is 2.35. The van der Waals surface area contributed by atoms with Crippen molar-refractivity contribution in [2.24, 2.45) is 0 Å². The van der Waals surface area contributed by atoms with Gasteiger partial charge in [0.2, 0.25) is 0 Å². The number of unbranched alkanes of at least 4 members (excludes halogenated alkanes) is 15. The van der Waals surface area contributed by atoms with E-state index < -0.39 is 19.9 Å². The first kappa shape index (κ1) is 39.5. The summed E-state index contributed by atoms with van der Waals surface area (Å²) >= 11 is 0. The molecule has 258 valence electrons. The maximum Gasteiger partial charge on any atom is 0.320 e. The molecule has 9 heteroatoms. The molecule has 45 heavy (non-hydrogen) atoms. The third-order valence-electron chi connectivity index (χ3n) is 8.56. The normalized spacial score (nSPS) is 17.5. The topological polar surface area (TPSA) is 94.1 Å². The minimum absolute atomic E-state index is 0.0644. The third-order valence-corrected chi connectivity index (χ3v) is 9.43. The van der Waals surface area contributed by atoms with Crippen LogP contribution >= 0.6 is 7.82 Å². The van der Waals surface area contributed by atoms with E-state index in [0.29, 0.717) is 22.4 Å². The summed E-state index contributed by atoms with van der Waals surface area (Å²) in [5.74, 6) is -0.214. The predicted molar refractivity (Wildman–Crippen MR) is 180 cm³/mol. The standard InChI is InChI=1S/C36H62NO7P/c1-5-6-7-8-9-10-11-12-13-14-15-16-17-18-19-23-29-41-30-34(43-32(2)38)31-42-45(39,40)44-36(33-25-21-20-22-26-33)35-27-24-28-37(35,3)4/h20-22,25-26,34H,5-19,23-24,27-31H2,1-4H3. The Balaban J connectivity index is 1.63. The molecular weight excluding hydrogens is 589 g/mol. The maximum atomic E-state index is 13.0. The fourth-order valence-corrected chi connectivity index (χ4v) is 6.80. The molecule has 8 nitrogen and oxygen atoms in total. The molecule has 1 fully saturated rings. The Bertz CT molecular complexity index is 1010. The van der Waals surface area contributed by atoms with E-state index in [1.54, 1.807) is 0 Å². The number of rotatable bonds is 26. The number of quaternary nitrogens is 1. The second kappa shape index (κ2) is 22.8. The Labute approximate surface area is 274 Å². The van der Waals surface area contributed by atoms with Crippen LogP contribution in [-0.2, 0) is 27.9 Å². The zero-order valence-electron chi connectivity index (χ0n) is 28.8. The molecule has 2 atom stereocenters. The van der Waals surface area contributed by atoms with E-state index in [0.717, 1.165) is 37.9 Å². The van der Waals surface area contributed by atoms with Crippen molar-refractivity contribution < 1.29 is 37.3 Å². The van der Waals surface area contributed by atoms with Crippen molar-refractivity contribution in [1.29, 1.82) is 0 Å². The van der Waals surface area contributed by atoms with Crippen molar-refractivity contribution in [1.82, 2.24) is 0 Å². The van der Waals surface area contributed by atoms with Gasteiger partial charge in [-0.15, -0.1) is 0 Å². The largest absolute Gasteiger partial charge is 0.746 e. The van der Waals surface area contributed by atoms with Crippen LogP contribution in [0.1, 0.15) is 135 Å². The Morgan fingerprint density at radius 1 is 0.844 bits per heavy atom. The lowest BCUT2D eigenvalue weighted by Gasteiger charge is -2.31. The molecule has 0 spiro atoms. The predicted octanol–water partition coefficient (Wildman–Crippen LogP) is 8.94. The van der Waals surface area contributed by atoms with Crippen LogP contribution < -0.4 is 4.89 Å². The summed E-state index contributed by atoms with van der Waals surface area (Å²) in [6.07, 6.45) is 21.7. The van der Waals surface area contributed by atoms with Crippen LogP contribution in [0, 0.1) is 0 Å². The number of benzene rings is 1. The number of phosphoric ester groups is 1. The molecule has 1 heterocycles. The van der Waals surface area contributed by atoms with Crippen LogP contribution in [0.2, 0.25) is 0 Å². The van der Waals surface area contributed by atoms with E-state index in [2.05, 4.69) is 6.92 Å². The second-order valence-electron chi connectivity index (χ2n) is 13.1. The van der Waals surface area contributed by atoms with Crippen molar-refractivity contribution in [3.05, 3.63) is 41.6 Å². The number of phosphoric acid groups is 1. The van der Waals surface area contributed by atoms with Gasteiger partial charge in [-0.3, -0.25) is 13.8 Å². The number of hydrogen-bond acceptors (Lipinski definition) is 7. The molecule has 1 saturated heterocycles. The van der Waals surface area contributed by atoms with Crippen LogP contribution in [0.25, 0.3) is 5.76 Å². The Kier molecular flexibility index (Phi) is 20.0. The lowest BCUT2D eigenvalue weighted by atomic mass is 10.0. The Morgan fingerprint density at radius 2 is 1.38 bits per heavy atom. The number of esters is 1. The van der Waals surface area contributed by atoms with Crippen molar-refractivity contribution >= 4 is 19.6 Å². The van der Waals surface area contributed by atoms with Crippen molar-refractivity contribution in [3.63, 3.8) is 0 Å². The van der Waals surface area contributed by atoms with Gasteiger partial charge in [0.25, 0.3) is 0 Å². The molecule has 1 aromatic rings. The summed E-state index contributed by atoms with van der Waals surface area (Å²) in [6, 6.07) is 9.22. The zero-order valence-corrected chi connectivity index (χ0v) is 29.7. The fourth-order valence-electron chi connectivity index (χ4n) is 5.96. The molecule has 0 radical (unpaired) electrons. The average molecular weight is 652 g/mol. The second-order valence-corrected chi connectivity index (χ2v) is 14.4. The summed E-state index contributed by atoms with van der Waals surface area (Å²) in [7, 11) is -0.683. The van der Waals surface area contributed by atoms with E-state index in [4.69, 9.17) is 18.5 Å². The lowest BCUT2D eigenvalue weighted by Crippen LogP contribution is -2.35. The number of nitrogens with zero attached hydrogens (tertiary/aromatic N) is 1.